The zero-order chi connectivity index (χ0) is 22.9. The van der Waals surface area contributed by atoms with Gasteiger partial charge in [-0.1, -0.05) is 43.7 Å². The van der Waals surface area contributed by atoms with E-state index in [4.69, 9.17) is 0 Å². The Morgan fingerprint density at radius 2 is 1.62 bits per heavy atom. The molecule has 0 saturated carbocycles. The van der Waals surface area contributed by atoms with Crippen molar-refractivity contribution in [1.29, 1.82) is 5.26 Å². The van der Waals surface area contributed by atoms with Gasteiger partial charge in [-0.15, -0.1) is 0 Å². The van der Waals surface area contributed by atoms with Crippen LogP contribution in [0.25, 0.3) is 24.0 Å². The number of hydrogen-bond donors (Lipinski definition) is 2. The number of nitrogens with zero attached hydrogens (tertiary/aromatic N) is 3. The molecule has 0 aromatic heterocycles. The zero-order valence-corrected chi connectivity index (χ0v) is 19.4. The molecule has 0 saturated heterocycles. The molecular weight excluding hydrogens is 394 g/mol. The first-order valence-corrected chi connectivity index (χ1v) is 11.2. The lowest BCUT2D eigenvalue weighted by Crippen LogP contribution is -2.31. The summed E-state index contributed by atoms with van der Waals surface area (Å²) in [5, 5.41) is 18.6. The second-order valence-corrected chi connectivity index (χ2v) is 8.29. The summed E-state index contributed by atoms with van der Waals surface area (Å²) < 4.78 is 0. The molecule has 0 fully saturated rings. The minimum absolute atomic E-state index is 0.652. The first-order valence-electron chi connectivity index (χ1n) is 11.2. The standard InChI is InChI=1S/C27H33N5/c1-20-9-12-23(17-24(20)19-32(3)4)25-26(22-13-10-21(18-28)11-14-22)30-15-7-5-6-8-16-31-27(25)29-2/h9-14,17,19,30H,1,5-8,15-16H2,2-4H3,(H,29,31)/b24-19-,26-25?. The van der Waals surface area contributed by atoms with E-state index in [0.717, 1.165) is 64.6 Å². The fraction of sp³-hybridized carbons (Fsp3) is 0.333. The largest absolute Gasteiger partial charge is 0.384 e. The molecule has 0 spiro atoms. The van der Waals surface area contributed by atoms with Crippen LogP contribution in [0.4, 0.5) is 0 Å². The monoisotopic (exact) mass is 427 g/mol. The van der Waals surface area contributed by atoms with Gasteiger partial charge in [0.25, 0.3) is 0 Å². The van der Waals surface area contributed by atoms with E-state index >= 15 is 0 Å². The van der Waals surface area contributed by atoms with Crippen LogP contribution in [-0.4, -0.2) is 45.0 Å². The number of nitriles is 1. The van der Waals surface area contributed by atoms with Crippen molar-refractivity contribution < 1.29 is 0 Å². The van der Waals surface area contributed by atoms with Gasteiger partial charge in [-0.3, -0.25) is 4.99 Å². The summed E-state index contributed by atoms with van der Waals surface area (Å²) in [6.45, 7) is 5.98. The molecule has 1 aliphatic heterocycles. The summed E-state index contributed by atoms with van der Waals surface area (Å²) in [5.41, 5.74) is 4.83. The maximum Gasteiger partial charge on any atom is 0.130 e. The topological polar surface area (TPSA) is 63.5 Å². The number of benzene rings is 2. The summed E-state index contributed by atoms with van der Waals surface area (Å²) in [6.07, 6.45) is 6.72. The van der Waals surface area contributed by atoms with Gasteiger partial charge in [0.1, 0.15) is 5.84 Å². The van der Waals surface area contributed by atoms with Gasteiger partial charge in [0.15, 0.2) is 0 Å². The Balaban J connectivity index is 2.28. The molecule has 0 unspecified atom stereocenters. The van der Waals surface area contributed by atoms with Crippen LogP contribution in [-0.2, 0) is 0 Å². The molecule has 0 radical (unpaired) electrons. The Morgan fingerprint density at radius 3 is 2.25 bits per heavy atom. The number of hydrogen-bond acceptors (Lipinski definition) is 4. The molecule has 0 amide bonds. The molecule has 2 aromatic carbocycles. The summed E-state index contributed by atoms with van der Waals surface area (Å²) in [6, 6.07) is 16.3. The van der Waals surface area contributed by atoms with Crippen LogP contribution in [0.1, 0.15) is 42.4 Å². The highest BCUT2D eigenvalue weighted by atomic mass is 15.0. The maximum absolute atomic E-state index is 9.24. The minimum atomic E-state index is 0.652. The Kier molecular flexibility index (Phi) is 8.10. The van der Waals surface area contributed by atoms with Crippen molar-refractivity contribution in [3.05, 3.63) is 69.6 Å². The van der Waals surface area contributed by atoms with Gasteiger partial charge in [-0.25, -0.2) is 0 Å². The highest BCUT2D eigenvalue weighted by molar-refractivity contribution is 6.29. The van der Waals surface area contributed by atoms with Crippen LogP contribution in [0, 0.1) is 11.3 Å². The molecule has 1 aliphatic rings. The normalized spacial score (nSPS) is 17.2. The van der Waals surface area contributed by atoms with Crippen LogP contribution in [0.3, 0.4) is 0 Å². The summed E-state index contributed by atoms with van der Waals surface area (Å²) >= 11 is 0. The van der Waals surface area contributed by atoms with Gasteiger partial charge in [0.2, 0.25) is 0 Å². The third-order valence-corrected chi connectivity index (χ3v) is 5.54. The molecular formula is C27H33N5. The van der Waals surface area contributed by atoms with E-state index in [9.17, 15) is 5.26 Å². The Labute approximate surface area is 191 Å². The summed E-state index contributed by atoms with van der Waals surface area (Å²) in [4.78, 5) is 6.69. The molecule has 1 heterocycles. The quantitative estimate of drug-likeness (QED) is 0.791. The lowest BCUT2D eigenvalue weighted by atomic mass is 9.96. The van der Waals surface area contributed by atoms with Crippen molar-refractivity contribution >= 4 is 29.9 Å². The lowest BCUT2D eigenvalue weighted by molar-refractivity contribution is 0.614. The first-order chi connectivity index (χ1) is 15.5. The zero-order valence-electron chi connectivity index (χ0n) is 19.4. The van der Waals surface area contributed by atoms with Gasteiger partial charge in [0.05, 0.1) is 17.3 Å². The Morgan fingerprint density at radius 1 is 0.969 bits per heavy atom. The summed E-state index contributed by atoms with van der Waals surface area (Å²) in [5.74, 6) is 0.867. The van der Waals surface area contributed by atoms with Gasteiger partial charge in [-0.2, -0.15) is 5.26 Å². The van der Waals surface area contributed by atoms with Gasteiger partial charge in [0, 0.05) is 46.0 Å². The van der Waals surface area contributed by atoms with Crippen LogP contribution >= 0.6 is 0 Å². The molecule has 3 rings (SSSR count). The molecule has 0 bridgehead atoms. The second kappa shape index (κ2) is 11.2. The Hall–Kier alpha value is -3.52. The van der Waals surface area contributed by atoms with Gasteiger partial charge < -0.3 is 15.5 Å². The minimum Gasteiger partial charge on any atom is -0.384 e. The second-order valence-electron chi connectivity index (χ2n) is 8.29. The van der Waals surface area contributed by atoms with Crippen LogP contribution in [0.15, 0.2) is 47.5 Å². The highest BCUT2D eigenvalue weighted by Crippen LogP contribution is 2.26. The van der Waals surface area contributed by atoms with Crippen molar-refractivity contribution in [3.63, 3.8) is 0 Å². The maximum atomic E-state index is 9.24. The molecule has 32 heavy (non-hydrogen) atoms. The SMILES string of the molecule is C=c1ccc(C2=C(c3ccc(C#N)cc3)NCCCCCCNC2=NC)c/c1=C/N(C)C. The van der Waals surface area contributed by atoms with E-state index in [-0.39, 0.29) is 0 Å². The van der Waals surface area contributed by atoms with Gasteiger partial charge in [-0.05, 0) is 52.6 Å². The fourth-order valence-corrected chi connectivity index (χ4v) is 3.90. The van der Waals surface area contributed by atoms with Crippen molar-refractivity contribution in [1.82, 2.24) is 15.5 Å². The predicted molar refractivity (Wildman–Crippen MR) is 135 cm³/mol. The van der Waals surface area contributed by atoms with E-state index < -0.39 is 0 Å². The van der Waals surface area contributed by atoms with Crippen molar-refractivity contribution in [2.75, 3.05) is 34.2 Å². The molecule has 0 atom stereocenters. The van der Waals surface area contributed by atoms with E-state index in [1.165, 1.54) is 12.8 Å². The molecule has 5 heteroatoms. The van der Waals surface area contributed by atoms with E-state index in [1.807, 2.05) is 50.3 Å². The molecule has 2 N–H and O–H groups in total. The van der Waals surface area contributed by atoms with Crippen LogP contribution in [0.2, 0.25) is 0 Å². The van der Waals surface area contributed by atoms with Gasteiger partial charge >= 0.3 is 0 Å². The lowest BCUT2D eigenvalue weighted by Gasteiger charge is -2.20. The third kappa shape index (κ3) is 5.79. The average Bonchev–Trinajstić information content (AvgIpc) is 2.84. The predicted octanol–water partition coefficient (Wildman–Crippen LogP) is 2.92. The van der Waals surface area contributed by atoms with Crippen LogP contribution < -0.4 is 21.1 Å². The number of rotatable bonds is 3. The molecule has 166 valence electrons. The highest BCUT2D eigenvalue weighted by Gasteiger charge is 2.18. The Bertz CT molecular complexity index is 1130. The average molecular weight is 428 g/mol. The number of aliphatic imine (C=N–C) groups is 1. The van der Waals surface area contributed by atoms with E-state index in [0.29, 0.717) is 5.56 Å². The van der Waals surface area contributed by atoms with Crippen LogP contribution in [0.5, 0.6) is 0 Å². The molecule has 0 aliphatic carbocycles. The van der Waals surface area contributed by atoms with E-state index in [2.05, 4.69) is 52.7 Å². The van der Waals surface area contributed by atoms with E-state index in [1.54, 1.807) is 0 Å². The van der Waals surface area contributed by atoms with Crippen molar-refractivity contribution in [3.8, 4) is 6.07 Å². The van der Waals surface area contributed by atoms with Crippen molar-refractivity contribution in [2.45, 2.75) is 25.7 Å². The first kappa shape index (κ1) is 23.1. The fourth-order valence-electron chi connectivity index (χ4n) is 3.90. The van der Waals surface area contributed by atoms with Crippen molar-refractivity contribution in [2.24, 2.45) is 4.99 Å². The number of nitrogens with one attached hydrogen (secondary N) is 2. The summed E-state index contributed by atoms with van der Waals surface area (Å²) in [7, 11) is 5.87. The third-order valence-electron chi connectivity index (χ3n) is 5.54. The smallest absolute Gasteiger partial charge is 0.130 e. The molecule has 5 nitrogen and oxygen atoms in total. The molecule has 2 aromatic rings. The number of amidine groups is 1.